The molecule has 0 aliphatic rings. The highest BCUT2D eigenvalue weighted by Gasteiger charge is 2.15. The number of hydrogen-bond acceptors (Lipinski definition) is 7. The maximum Gasteiger partial charge on any atom is 0.114 e. The SMILES string of the molecule is CCCCCCc1ccc(/C=C/c2ccc(-c3ccc(-c4ccc(/C=C/c5ccc(CCCCCC)s5)s4)c4nsnc34)s2)s1. The first-order valence-electron chi connectivity index (χ1n) is 16.2. The van der Waals surface area contributed by atoms with E-state index in [9.17, 15) is 0 Å². The number of rotatable bonds is 16. The summed E-state index contributed by atoms with van der Waals surface area (Å²) >= 11 is 8.78. The third kappa shape index (κ3) is 8.57. The van der Waals surface area contributed by atoms with Crippen molar-refractivity contribution in [3.63, 3.8) is 0 Å². The molecule has 0 radical (unpaired) electrons. The van der Waals surface area contributed by atoms with Gasteiger partial charge < -0.3 is 0 Å². The molecule has 5 heterocycles. The molecule has 5 aromatic heterocycles. The molecule has 2 nitrogen and oxygen atoms in total. The molecule has 0 spiro atoms. The van der Waals surface area contributed by atoms with Crippen LogP contribution in [0.1, 0.15) is 94.5 Å². The van der Waals surface area contributed by atoms with Crippen LogP contribution in [0.25, 0.3) is 56.2 Å². The molecule has 0 N–H and O–H groups in total. The minimum absolute atomic E-state index is 0.997. The van der Waals surface area contributed by atoms with Crippen molar-refractivity contribution in [3.8, 4) is 20.9 Å². The van der Waals surface area contributed by atoms with E-state index in [2.05, 4.69) is 98.8 Å². The molecule has 6 aromatic rings. The van der Waals surface area contributed by atoms with Gasteiger partial charge >= 0.3 is 0 Å². The van der Waals surface area contributed by atoms with Gasteiger partial charge in [-0.05, 0) is 98.5 Å². The van der Waals surface area contributed by atoms with Gasteiger partial charge in [-0.3, -0.25) is 0 Å². The monoisotopic (exact) mass is 684 g/mol. The summed E-state index contributed by atoms with van der Waals surface area (Å²) in [6.07, 6.45) is 21.9. The quantitative estimate of drug-likeness (QED) is 0.0948. The summed E-state index contributed by atoms with van der Waals surface area (Å²) in [4.78, 5) is 10.6. The molecule has 1 aromatic carbocycles. The van der Waals surface area contributed by atoms with E-state index in [0.29, 0.717) is 0 Å². The van der Waals surface area contributed by atoms with Gasteiger partial charge in [0.2, 0.25) is 0 Å². The molecule has 0 amide bonds. The van der Waals surface area contributed by atoms with E-state index in [1.54, 1.807) is 0 Å². The van der Waals surface area contributed by atoms with Crippen molar-refractivity contribution in [2.24, 2.45) is 0 Å². The van der Waals surface area contributed by atoms with Crippen LogP contribution in [-0.4, -0.2) is 8.75 Å². The molecule has 0 atom stereocenters. The average Bonchev–Trinajstić information content (AvgIpc) is 3.89. The molecule has 0 unspecified atom stereocenters. The summed E-state index contributed by atoms with van der Waals surface area (Å²) in [6.45, 7) is 4.54. The molecule has 232 valence electrons. The molecule has 0 saturated heterocycles. The molecular formula is C38H40N2S5. The molecule has 0 aliphatic heterocycles. The summed E-state index contributed by atoms with van der Waals surface area (Å²) in [7, 11) is 0. The Labute approximate surface area is 288 Å². The average molecular weight is 685 g/mol. The van der Waals surface area contributed by atoms with Crippen LogP contribution in [0.2, 0.25) is 0 Å². The first-order valence-corrected chi connectivity index (χ1v) is 20.2. The summed E-state index contributed by atoms with van der Waals surface area (Å²) in [5.74, 6) is 0. The zero-order valence-electron chi connectivity index (χ0n) is 26.1. The molecule has 7 heteroatoms. The van der Waals surface area contributed by atoms with E-state index < -0.39 is 0 Å². The lowest BCUT2D eigenvalue weighted by Gasteiger charge is -2.03. The van der Waals surface area contributed by atoms with Crippen LogP contribution >= 0.6 is 57.1 Å². The summed E-state index contributed by atoms with van der Waals surface area (Å²) in [5, 5.41) is 0. The smallest absolute Gasteiger partial charge is 0.114 e. The van der Waals surface area contributed by atoms with Crippen LogP contribution in [0.3, 0.4) is 0 Å². The van der Waals surface area contributed by atoms with Crippen molar-refractivity contribution in [2.45, 2.75) is 78.1 Å². The Hall–Kier alpha value is -2.68. The zero-order chi connectivity index (χ0) is 30.8. The van der Waals surface area contributed by atoms with Crippen molar-refractivity contribution in [2.75, 3.05) is 0 Å². The lowest BCUT2D eigenvalue weighted by Crippen LogP contribution is -1.81. The molecule has 0 saturated carbocycles. The first kappa shape index (κ1) is 32.3. The van der Waals surface area contributed by atoms with Crippen molar-refractivity contribution >= 4 is 92.4 Å². The molecular weight excluding hydrogens is 645 g/mol. The van der Waals surface area contributed by atoms with Gasteiger partial charge in [0, 0.05) is 50.1 Å². The number of nitrogens with zero attached hydrogens (tertiary/aromatic N) is 2. The second-order valence-electron chi connectivity index (χ2n) is 11.4. The van der Waals surface area contributed by atoms with Gasteiger partial charge in [-0.2, -0.15) is 8.75 Å². The van der Waals surface area contributed by atoms with Crippen molar-refractivity contribution in [3.05, 3.63) is 89.9 Å². The molecule has 6 rings (SSSR count). The van der Waals surface area contributed by atoms with Crippen LogP contribution in [0.15, 0.2) is 60.7 Å². The molecule has 0 bridgehead atoms. The van der Waals surface area contributed by atoms with E-state index in [-0.39, 0.29) is 0 Å². The maximum absolute atomic E-state index is 4.75. The van der Waals surface area contributed by atoms with Gasteiger partial charge in [0.1, 0.15) is 11.0 Å². The number of aryl methyl sites for hydroxylation is 2. The van der Waals surface area contributed by atoms with Crippen LogP contribution in [0.4, 0.5) is 0 Å². The highest BCUT2D eigenvalue weighted by atomic mass is 32.1. The fraction of sp³-hybridized carbons (Fsp3) is 0.316. The number of thiophene rings is 4. The van der Waals surface area contributed by atoms with Gasteiger partial charge in [0.05, 0.1) is 11.7 Å². The Balaban J connectivity index is 1.11. The van der Waals surface area contributed by atoms with E-state index in [1.165, 1.54) is 115 Å². The van der Waals surface area contributed by atoms with E-state index in [1.807, 2.05) is 45.3 Å². The number of benzene rings is 1. The van der Waals surface area contributed by atoms with Gasteiger partial charge in [-0.1, -0.05) is 64.5 Å². The standard InChI is InChI=1S/C38H40N2S5/c1-3-5-7-9-11-27-13-15-29(41-27)17-19-31-21-25-35(43-31)33-23-24-34(38-37(33)39-45-40-38)36-26-22-32(44-36)20-18-30-16-14-28(42-30)12-10-8-6-4-2/h13-26H,3-12H2,1-2H3/b19-17+,20-18+. The van der Waals surface area contributed by atoms with E-state index >= 15 is 0 Å². The zero-order valence-corrected chi connectivity index (χ0v) is 30.2. The van der Waals surface area contributed by atoms with Crippen LogP contribution < -0.4 is 0 Å². The molecule has 45 heavy (non-hydrogen) atoms. The number of hydrogen-bond donors (Lipinski definition) is 0. The Bertz CT molecular complexity index is 1720. The topological polar surface area (TPSA) is 25.8 Å². The van der Waals surface area contributed by atoms with Crippen LogP contribution in [0.5, 0.6) is 0 Å². The predicted molar refractivity (Wildman–Crippen MR) is 206 cm³/mol. The van der Waals surface area contributed by atoms with Gasteiger partial charge in [-0.25, -0.2) is 0 Å². The van der Waals surface area contributed by atoms with E-state index in [0.717, 1.165) is 22.2 Å². The number of unbranched alkanes of at least 4 members (excludes halogenated alkanes) is 6. The van der Waals surface area contributed by atoms with Crippen molar-refractivity contribution < 1.29 is 0 Å². The lowest BCUT2D eigenvalue weighted by atomic mass is 10.1. The van der Waals surface area contributed by atoms with Gasteiger partial charge in [0.25, 0.3) is 0 Å². The fourth-order valence-electron chi connectivity index (χ4n) is 5.46. The summed E-state index contributed by atoms with van der Waals surface area (Å²) < 4.78 is 9.50. The Morgan fingerprint density at radius 1 is 0.467 bits per heavy atom. The Kier molecular flexibility index (Phi) is 11.6. The third-order valence-corrected chi connectivity index (χ3v) is 12.9. The molecule has 0 aliphatic carbocycles. The van der Waals surface area contributed by atoms with Gasteiger partial charge in [-0.15, -0.1) is 45.3 Å². The van der Waals surface area contributed by atoms with Crippen LogP contribution in [0, 0.1) is 0 Å². The normalized spacial score (nSPS) is 12.0. The van der Waals surface area contributed by atoms with Gasteiger partial charge in [0.15, 0.2) is 0 Å². The van der Waals surface area contributed by atoms with Crippen molar-refractivity contribution in [1.29, 1.82) is 0 Å². The minimum Gasteiger partial charge on any atom is -0.172 e. The lowest BCUT2D eigenvalue weighted by molar-refractivity contribution is 0.670. The van der Waals surface area contributed by atoms with E-state index in [4.69, 9.17) is 8.75 Å². The summed E-state index contributed by atoms with van der Waals surface area (Å²) in [6, 6.07) is 22.4. The van der Waals surface area contributed by atoms with Crippen molar-refractivity contribution in [1.82, 2.24) is 8.75 Å². The Morgan fingerprint density at radius 3 is 1.33 bits per heavy atom. The second kappa shape index (κ2) is 16.2. The largest absolute Gasteiger partial charge is 0.172 e. The first-order chi connectivity index (χ1) is 22.2. The highest BCUT2D eigenvalue weighted by Crippen LogP contribution is 2.40. The highest BCUT2D eigenvalue weighted by molar-refractivity contribution is 7.17. The maximum atomic E-state index is 4.75. The predicted octanol–water partition coefficient (Wildman–Crippen LogP) is 13.9. The third-order valence-electron chi connectivity index (χ3n) is 7.94. The van der Waals surface area contributed by atoms with Crippen LogP contribution in [-0.2, 0) is 12.8 Å². The molecule has 0 fully saturated rings. The number of fused-ring (bicyclic) bond motifs is 1. The second-order valence-corrected chi connectivity index (χ2v) is 16.6. The Morgan fingerprint density at radius 2 is 0.889 bits per heavy atom. The fourth-order valence-corrected chi connectivity index (χ4v) is 9.82. The number of aromatic nitrogens is 2. The summed E-state index contributed by atoms with van der Waals surface area (Å²) in [5.41, 5.74) is 4.32. The minimum atomic E-state index is 0.997.